The molecule has 0 fully saturated rings. The molecule has 0 saturated carbocycles. The van der Waals surface area contributed by atoms with Gasteiger partial charge < -0.3 is 9.64 Å². The monoisotopic (exact) mass is 299 g/mol. The zero-order valence-corrected chi connectivity index (χ0v) is 13.4. The van der Waals surface area contributed by atoms with Crippen molar-refractivity contribution in [2.24, 2.45) is 0 Å². The van der Waals surface area contributed by atoms with Gasteiger partial charge in [0.15, 0.2) is 0 Å². The topological polar surface area (TPSA) is 12.5 Å². The molecule has 0 radical (unpaired) electrons. The molecule has 3 heteroatoms. The van der Waals surface area contributed by atoms with E-state index in [1.165, 1.54) is 16.9 Å². The fourth-order valence-electron chi connectivity index (χ4n) is 2.61. The van der Waals surface area contributed by atoms with Gasteiger partial charge in [-0.2, -0.15) is 0 Å². The van der Waals surface area contributed by atoms with E-state index < -0.39 is 0 Å². The molecule has 3 rings (SSSR count). The van der Waals surface area contributed by atoms with Crippen LogP contribution >= 0.6 is 11.8 Å². The summed E-state index contributed by atoms with van der Waals surface area (Å²) in [4.78, 5) is 3.49. The van der Waals surface area contributed by atoms with Crippen molar-refractivity contribution in [2.45, 2.75) is 23.0 Å². The molecule has 2 aromatic rings. The highest BCUT2D eigenvalue weighted by Gasteiger charge is 2.23. The van der Waals surface area contributed by atoms with Gasteiger partial charge in [-0.25, -0.2) is 0 Å². The van der Waals surface area contributed by atoms with Crippen LogP contribution < -0.4 is 4.74 Å². The third-order valence-electron chi connectivity index (χ3n) is 3.68. The number of fused-ring (bicyclic) bond motifs is 2. The van der Waals surface area contributed by atoms with Gasteiger partial charge in [0.05, 0.1) is 4.90 Å². The van der Waals surface area contributed by atoms with Crippen molar-refractivity contribution in [1.29, 1.82) is 0 Å². The van der Waals surface area contributed by atoms with Gasteiger partial charge in [0, 0.05) is 10.8 Å². The number of benzene rings is 2. The van der Waals surface area contributed by atoms with Gasteiger partial charge in [-0.15, -0.1) is 11.8 Å². The molecule has 1 heterocycles. The van der Waals surface area contributed by atoms with E-state index >= 15 is 0 Å². The van der Waals surface area contributed by atoms with Crippen LogP contribution in [0.5, 0.6) is 11.5 Å². The van der Waals surface area contributed by atoms with Gasteiger partial charge in [-0.3, -0.25) is 0 Å². The van der Waals surface area contributed by atoms with Gasteiger partial charge >= 0.3 is 0 Å². The summed E-state index contributed by atoms with van der Waals surface area (Å²) in [5.41, 5.74) is 1.32. The summed E-state index contributed by atoms with van der Waals surface area (Å²) in [7, 11) is 4.26. The number of para-hydroxylation sites is 2. The normalized spacial score (nSPS) is 16.8. The molecule has 2 aromatic carbocycles. The third-order valence-corrected chi connectivity index (χ3v) is 5.04. The maximum absolute atomic E-state index is 6.13. The minimum absolute atomic E-state index is 0.463. The van der Waals surface area contributed by atoms with Crippen LogP contribution in [0.25, 0.3) is 0 Å². The van der Waals surface area contributed by atoms with Crippen molar-refractivity contribution in [3.63, 3.8) is 0 Å². The Balaban J connectivity index is 1.88. The van der Waals surface area contributed by atoms with Crippen LogP contribution in [0.3, 0.4) is 0 Å². The summed E-state index contributed by atoms with van der Waals surface area (Å²) in [5.74, 6) is 1.98. The highest BCUT2D eigenvalue weighted by Crippen LogP contribution is 2.49. The molecule has 0 bridgehead atoms. The van der Waals surface area contributed by atoms with E-state index in [4.69, 9.17) is 4.74 Å². The second kappa shape index (κ2) is 6.54. The van der Waals surface area contributed by atoms with E-state index in [-0.39, 0.29) is 0 Å². The summed E-state index contributed by atoms with van der Waals surface area (Å²) in [6.45, 7) is 1.13. The van der Waals surface area contributed by atoms with Crippen LogP contribution in [0.4, 0.5) is 0 Å². The standard InChI is InChI=1S/C18H21NOS/c1-19(2)13-7-12-17-14-8-3-4-9-15(14)20-16-10-5-6-11-18(16)21-17/h3-6,8-11,17H,7,12-13H2,1-2H3/t17-/m0/s1. The largest absolute Gasteiger partial charge is 0.456 e. The molecule has 1 aliphatic rings. The Morgan fingerprint density at radius 1 is 1.00 bits per heavy atom. The highest BCUT2D eigenvalue weighted by molar-refractivity contribution is 7.99. The van der Waals surface area contributed by atoms with Crippen LogP contribution in [0, 0.1) is 0 Å². The third kappa shape index (κ3) is 3.42. The van der Waals surface area contributed by atoms with Crippen LogP contribution in [-0.2, 0) is 0 Å². The average molecular weight is 299 g/mol. The second-order valence-corrected chi connectivity index (χ2v) is 6.88. The number of thioether (sulfide) groups is 1. The maximum atomic E-state index is 6.13. The van der Waals surface area contributed by atoms with Gasteiger partial charge in [-0.1, -0.05) is 30.3 Å². The maximum Gasteiger partial charge on any atom is 0.141 e. The fourth-order valence-corrected chi connectivity index (χ4v) is 3.91. The molecule has 0 aliphatic carbocycles. The molecule has 0 amide bonds. The predicted octanol–water partition coefficient (Wildman–Crippen LogP) is 4.97. The fraction of sp³-hybridized carbons (Fsp3) is 0.333. The van der Waals surface area contributed by atoms with Crippen molar-refractivity contribution < 1.29 is 4.74 Å². The summed E-state index contributed by atoms with van der Waals surface area (Å²) >= 11 is 1.93. The van der Waals surface area contributed by atoms with Crippen LogP contribution in [-0.4, -0.2) is 25.5 Å². The number of rotatable bonds is 4. The van der Waals surface area contributed by atoms with Gasteiger partial charge in [0.1, 0.15) is 11.5 Å². The molecular formula is C18H21NOS. The van der Waals surface area contributed by atoms with Crippen molar-refractivity contribution in [3.8, 4) is 11.5 Å². The SMILES string of the molecule is CN(C)CCC[C@@H]1Sc2ccccc2Oc2ccccc21. The van der Waals surface area contributed by atoms with E-state index in [1.807, 2.05) is 23.9 Å². The lowest BCUT2D eigenvalue weighted by Gasteiger charge is -2.17. The van der Waals surface area contributed by atoms with E-state index in [1.54, 1.807) is 0 Å². The summed E-state index contributed by atoms with van der Waals surface area (Å²) in [6.07, 6.45) is 2.36. The summed E-state index contributed by atoms with van der Waals surface area (Å²) < 4.78 is 6.13. The number of hydrogen-bond donors (Lipinski definition) is 0. The zero-order chi connectivity index (χ0) is 14.7. The lowest BCUT2D eigenvalue weighted by atomic mass is 10.1. The molecule has 0 spiro atoms. The quantitative estimate of drug-likeness (QED) is 0.791. The van der Waals surface area contributed by atoms with E-state index in [9.17, 15) is 0 Å². The first-order valence-electron chi connectivity index (χ1n) is 7.41. The average Bonchev–Trinajstić information content (AvgIpc) is 2.63. The Labute approximate surface area is 131 Å². The van der Waals surface area contributed by atoms with Crippen LogP contribution in [0.15, 0.2) is 53.4 Å². The van der Waals surface area contributed by atoms with E-state index in [0.29, 0.717) is 5.25 Å². The molecule has 2 nitrogen and oxygen atoms in total. The molecular weight excluding hydrogens is 278 g/mol. The van der Waals surface area contributed by atoms with Crippen molar-refractivity contribution in [1.82, 2.24) is 4.90 Å². The Hall–Kier alpha value is -1.45. The van der Waals surface area contributed by atoms with Gasteiger partial charge in [0.25, 0.3) is 0 Å². The Bertz CT molecular complexity index is 612. The molecule has 1 atom stereocenters. The second-order valence-electron chi connectivity index (χ2n) is 5.64. The van der Waals surface area contributed by atoms with Crippen molar-refractivity contribution in [3.05, 3.63) is 54.1 Å². The zero-order valence-electron chi connectivity index (χ0n) is 12.6. The Morgan fingerprint density at radius 3 is 2.52 bits per heavy atom. The minimum atomic E-state index is 0.463. The first kappa shape index (κ1) is 14.5. The Morgan fingerprint density at radius 2 is 1.71 bits per heavy atom. The first-order valence-corrected chi connectivity index (χ1v) is 8.29. The molecule has 21 heavy (non-hydrogen) atoms. The molecule has 110 valence electrons. The first-order chi connectivity index (χ1) is 10.2. The lowest BCUT2D eigenvalue weighted by Crippen LogP contribution is -2.13. The van der Waals surface area contributed by atoms with Crippen LogP contribution in [0.1, 0.15) is 23.7 Å². The van der Waals surface area contributed by atoms with E-state index in [2.05, 4.69) is 55.4 Å². The smallest absolute Gasteiger partial charge is 0.141 e. The summed E-state index contributed by atoms with van der Waals surface area (Å²) in [6, 6.07) is 16.8. The number of nitrogens with zero attached hydrogens (tertiary/aromatic N) is 1. The van der Waals surface area contributed by atoms with Gasteiger partial charge in [-0.05, 0) is 51.7 Å². The molecule has 0 aromatic heterocycles. The minimum Gasteiger partial charge on any atom is -0.456 e. The predicted molar refractivity (Wildman–Crippen MR) is 89.3 cm³/mol. The molecule has 0 unspecified atom stereocenters. The molecule has 0 saturated heterocycles. The Kier molecular flexibility index (Phi) is 4.51. The van der Waals surface area contributed by atoms with E-state index in [0.717, 1.165) is 24.5 Å². The summed E-state index contributed by atoms with van der Waals surface area (Å²) in [5, 5.41) is 0.463. The lowest BCUT2D eigenvalue weighted by molar-refractivity contribution is 0.393. The van der Waals surface area contributed by atoms with Crippen molar-refractivity contribution >= 4 is 11.8 Å². The van der Waals surface area contributed by atoms with Gasteiger partial charge in [0.2, 0.25) is 0 Å². The van der Waals surface area contributed by atoms with Crippen molar-refractivity contribution in [2.75, 3.05) is 20.6 Å². The van der Waals surface area contributed by atoms with Crippen LogP contribution in [0.2, 0.25) is 0 Å². The molecule has 1 aliphatic heterocycles. The molecule has 0 N–H and O–H groups in total. The number of ether oxygens (including phenoxy) is 1. The highest BCUT2D eigenvalue weighted by atomic mass is 32.2. The number of hydrogen-bond acceptors (Lipinski definition) is 3.